The van der Waals surface area contributed by atoms with Crippen LogP contribution in [0.25, 0.3) is 0 Å². The van der Waals surface area contributed by atoms with Crippen molar-refractivity contribution >= 4 is 0 Å². The molecule has 0 amide bonds. The van der Waals surface area contributed by atoms with Gasteiger partial charge in [0.1, 0.15) is 0 Å². The maximum absolute atomic E-state index is 2.41. The van der Waals surface area contributed by atoms with E-state index in [-0.39, 0.29) is 0 Å². The number of rotatable bonds is 18. The molecule has 1 aromatic rings. The molecule has 0 fully saturated rings. The van der Waals surface area contributed by atoms with Gasteiger partial charge in [-0.25, -0.2) is 0 Å². The molecule has 0 aliphatic carbocycles. The summed E-state index contributed by atoms with van der Waals surface area (Å²) >= 11 is 0. The molecule has 1 rings (SSSR count). The molecule has 0 aromatic heterocycles. The molecule has 0 heteroatoms. The number of hydrogen-bond donors (Lipinski definition) is 0. The van der Waals surface area contributed by atoms with Crippen LogP contribution >= 0.6 is 0 Å². The maximum Gasteiger partial charge on any atom is -0.0276 e. The Bertz CT molecular complexity index is 409. The molecular weight excluding hydrogens is 324 g/mol. The summed E-state index contributed by atoms with van der Waals surface area (Å²) in [5.41, 5.74) is 5.02. The summed E-state index contributed by atoms with van der Waals surface area (Å²) < 4.78 is 0. The lowest BCUT2D eigenvalue weighted by Gasteiger charge is -2.15. The van der Waals surface area contributed by atoms with Gasteiger partial charge in [0, 0.05) is 0 Å². The largest absolute Gasteiger partial charge is 0.0654 e. The van der Waals surface area contributed by atoms with Crippen LogP contribution in [0.5, 0.6) is 0 Å². The molecule has 0 N–H and O–H groups in total. The average molecular weight is 373 g/mol. The zero-order valence-electron chi connectivity index (χ0n) is 19.0. The van der Waals surface area contributed by atoms with Crippen LogP contribution < -0.4 is 0 Å². The van der Waals surface area contributed by atoms with Gasteiger partial charge in [0.15, 0.2) is 0 Å². The van der Waals surface area contributed by atoms with Gasteiger partial charge >= 0.3 is 0 Å². The number of unbranched alkanes of at least 4 members (excludes halogenated alkanes) is 12. The fourth-order valence-electron chi connectivity index (χ4n) is 4.27. The van der Waals surface area contributed by atoms with Crippen molar-refractivity contribution in [1.29, 1.82) is 0 Å². The molecule has 1 aromatic carbocycles. The van der Waals surface area contributed by atoms with E-state index in [1.165, 1.54) is 116 Å². The Morgan fingerprint density at radius 3 is 1.26 bits per heavy atom. The molecule has 27 heavy (non-hydrogen) atoms. The fraction of sp³-hybridized carbons (Fsp3) is 0.778. The molecule has 0 nitrogen and oxygen atoms in total. The Balaban J connectivity index is 2.38. The van der Waals surface area contributed by atoms with Crippen molar-refractivity contribution in [3.63, 3.8) is 0 Å². The van der Waals surface area contributed by atoms with E-state index in [2.05, 4.69) is 39.0 Å². The topological polar surface area (TPSA) is 0 Å². The van der Waals surface area contributed by atoms with Gasteiger partial charge in [-0.2, -0.15) is 0 Å². The van der Waals surface area contributed by atoms with Gasteiger partial charge in [-0.1, -0.05) is 122 Å². The van der Waals surface area contributed by atoms with Crippen molar-refractivity contribution in [2.24, 2.45) is 0 Å². The highest BCUT2D eigenvalue weighted by Gasteiger charge is 2.08. The molecule has 0 unspecified atom stereocenters. The molecule has 0 aliphatic heterocycles. The van der Waals surface area contributed by atoms with Gasteiger partial charge in [0.25, 0.3) is 0 Å². The molecule has 0 saturated carbocycles. The summed E-state index contributed by atoms with van der Waals surface area (Å²) in [6.45, 7) is 6.94. The summed E-state index contributed by atoms with van der Waals surface area (Å²) in [7, 11) is 0. The second-order valence-corrected chi connectivity index (χ2v) is 8.55. The Labute approximate surface area is 171 Å². The average Bonchev–Trinajstić information content (AvgIpc) is 2.68. The van der Waals surface area contributed by atoms with E-state index in [0.29, 0.717) is 0 Å². The lowest BCUT2D eigenvalue weighted by molar-refractivity contribution is 0.585. The first-order valence-electron chi connectivity index (χ1n) is 12.4. The lowest BCUT2D eigenvalue weighted by Crippen LogP contribution is -2.01. The van der Waals surface area contributed by atoms with Crippen LogP contribution in [0, 0.1) is 0 Å². The molecule has 0 bridgehead atoms. The van der Waals surface area contributed by atoms with Crippen LogP contribution in [0.15, 0.2) is 18.2 Å². The first kappa shape index (κ1) is 24.3. The molecule has 156 valence electrons. The van der Waals surface area contributed by atoms with Crippen LogP contribution in [0.1, 0.15) is 134 Å². The van der Waals surface area contributed by atoms with E-state index in [9.17, 15) is 0 Å². The minimum atomic E-state index is 1.28. The van der Waals surface area contributed by atoms with Crippen molar-refractivity contribution in [2.75, 3.05) is 0 Å². The Morgan fingerprint density at radius 1 is 0.444 bits per heavy atom. The molecule has 0 heterocycles. The van der Waals surface area contributed by atoms with Crippen molar-refractivity contribution in [3.8, 4) is 0 Å². The first-order valence-corrected chi connectivity index (χ1v) is 12.4. The van der Waals surface area contributed by atoms with Crippen molar-refractivity contribution in [2.45, 2.75) is 136 Å². The molecule has 0 atom stereocenters. The summed E-state index contributed by atoms with van der Waals surface area (Å²) in [6.07, 6.45) is 24.9. The van der Waals surface area contributed by atoms with E-state index in [0.717, 1.165) is 0 Å². The minimum Gasteiger partial charge on any atom is -0.0654 e. The summed E-state index contributed by atoms with van der Waals surface area (Å²) in [6, 6.07) is 7.15. The molecule has 0 saturated heterocycles. The highest BCUT2D eigenvalue weighted by Crippen LogP contribution is 2.22. The third-order valence-electron chi connectivity index (χ3n) is 5.97. The van der Waals surface area contributed by atoms with E-state index >= 15 is 0 Å². The number of hydrogen-bond acceptors (Lipinski definition) is 0. The first-order chi connectivity index (χ1) is 13.3. The van der Waals surface area contributed by atoms with Crippen LogP contribution in [0.2, 0.25) is 0 Å². The number of benzene rings is 1. The standard InChI is InChI=1S/C27H48/c1-4-7-9-11-13-15-17-21-25-23-19-24-26(27(25)20-6-3)22-18-16-14-12-10-8-5-2/h19,23-24H,4-18,20-22H2,1-3H3. The highest BCUT2D eigenvalue weighted by molar-refractivity contribution is 5.36. The Kier molecular flexibility index (Phi) is 15.6. The molecular formula is C27H48. The van der Waals surface area contributed by atoms with Crippen molar-refractivity contribution in [1.82, 2.24) is 0 Å². The zero-order chi connectivity index (χ0) is 19.6. The maximum atomic E-state index is 2.41. The third-order valence-corrected chi connectivity index (χ3v) is 5.97. The Morgan fingerprint density at radius 2 is 0.852 bits per heavy atom. The van der Waals surface area contributed by atoms with Gasteiger partial charge in [-0.05, 0) is 48.8 Å². The molecule has 0 spiro atoms. The minimum absolute atomic E-state index is 1.28. The summed E-state index contributed by atoms with van der Waals surface area (Å²) in [5.74, 6) is 0. The fourth-order valence-corrected chi connectivity index (χ4v) is 4.27. The monoisotopic (exact) mass is 372 g/mol. The van der Waals surface area contributed by atoms with Crippen LogP contribution in [-0.2, 0) is 19.3 Å². The normalized spacial score (nSPS) is 11.2. The Hall–Kier alpha value is -0.780. The molecule has 0 aliphatic rings. The van der Waals surface area contributed by atoms with Crippen LogP contribution in [0.4, 0.5) is 0 Å². The van der Waals surface area contributed by atoms with Crippen LogP contribution in [-0.4, -0.2) is 0 Å². The van der Waals surface area contributed by atoms with E-state index in [1.807, 2.05) is 0 Å². The quantitative estimate of drug-likeness (QED) is 0.225. The van der Waals surface area contributed by atoms with Gasteiger partial charge in [-0.3, -0.25) is 0 Å². The van der Waals surface area contributed by atoms with Gasteiger partial charge in [0.2, 0.25) is 0 Å². The van der Waals surface area contributed by atoms with E-state index < -0.39 is 0 Å². The lowest BCUT2D eigenvalue weighted by atomic mass is 9.91. The smallest absolute Gasteiger partial charge is 0.0276 e. The predicted octanol–water partition coefficient (Wildman–Crippen LogP) is 9.23. The van der Waals surface area contributed by atoms with Crippen molar-refractivity contribution < 1.29 is 0 Å². The van der Waals surface area contributed by atoms with Crippen LogP contribution in [0.3, 0.4) is 0 Å². The number of aryl methyl sites for hydroxylation is 2. The molecule has 0 radical (unpaired) electrons. The van der Waals surface area contributed by atoms with Gasteiger partial charge < -0.3 is 0 Å². The summed E-state index contributed by atoms with van der Waals surface area (Å²) in [5, 5.41) is 0. The van der Waals surface area contributed by atoms with Crippen molar-refractivity contribution in [3.05, 3.63) is 34.9 Å². The van der Waals surface area contributed by atoms with E-state index in [4.69, 9.17) is 0 Å². The predicted molar refractivity (Wildman–Crippen MR) is 124 cm³/mol. The second-order valence-electron chi connectivity index (χ2n) is 8.55. The highest BCUT2D eigenvalue weighted by atomic mass is 14.1. The third kappa shape index (κ3) is 11.6. The van der Waals surface area contributed by atoms with Gasteiger partial charge in [-0.15, -0.1) is 0 Å². The van der Waals surface area contributed by atoms with Gasteiger partial charge in [0.05, 0.1) is 0 Å². The summed E-state index contributed by atoms with van der Waals surface area (Å²) in [4.78, 5) is 0. The SMILES string of the molecule is CCCCCCCCCc1cccc(CCCCCCCCC)c1CCC. The van der Waals surface area contributed by atoms with E-state index in [1.54, 1.807) is 16.7 Å². The second kappa shape index (κ2) is 17.3. The zero-order valence-corrected chi connectivity index (χ0v) is 19.0.